The van der Waals surface area contributed by atoms with Crippen LogP contribution in [0.3, 0.4) is 0 Å². The molecule has 192 valence electrons. The van der Waals surface area contributed by atoms with Crippen molar-refractivity contribution in [2.24, 2.45) is 11.8 Å². The van der Waals surface area contributed by atoms with E-state index in [-0.39, 0.29) is 26.9 Å². The smallest absolute Gasteiger partial charge is 0.435 e. The number of hydrogen-bond acceptors (Lipinski definition) is 5. The quantitative estimate of drug-likeness (QED) is 0.421. The van der Waals surface area contributed by atoms with Crippen molar-refractivity contribution in [3.8, 4) is 5.75 Å². The molecule has 1 N–H and O–H groups in total. The number of methoxy groups -OCH3 is 1. The fraction of sp³-hybridized carbons (Fsp3) is 0.269. The van der Waals surface area contributed by atoms with Gasteiger partial charge in [-0.15, -0.1) is 0 Å². The molecule has 0 amide bonds. The number of sulfone groups is 1. The van der Waals surface area contributed by atoms with Gasteiger partial charge in [0.2, 0.25) is 9.84 Å². The molecule has 3 atom stereocenters. The molecule has 0 radical (unpaired) electrons. The van der Waals surface area contributed by atoms with Crippen LogP contribution in [-0.2, 0) is 16.0 Å². The third kappa shape index (κ3) is 3.75. The van der Waals surface area contributed by atoms with Gasteiger partial charge in [0.25, 0.3) is 0 Å². The minimum absolute atomic E-state index is 0.0496. The van der Waals surface area contributed by atoms with E-state index in [1.165, 1.54) is 38.3 Å². The average Bonchev–Trinajstić information content (AvgIpc) is 3.27. The molecule has 6 rings (SSSR count). The van der Waals surface area contributed by atoms with Crippen LogP contribution >= 0.6 is 0 Å². The van der Waals surface area contributed by atoms with Gasteiger partial charge in [-0.25, -0.2) is 17.5 Å². The van der Waals surface area contributed by atoms with E-state index in [0.717, 1.165) is 22.7 Å². The van der Waals surface area contributed by atoms with Gasteiger partial charge in [-0.05, 0) is 60.6 Å². The van der Waals surface area contributed by atoms with Gasteiger partial charge in [-0.1, -0.05) is 24.3 Å². The molecule has 2 aliphatic carbocycles. The van der Waals surface area contributed by atoms with Crippen molar-refractivity contribution in [2.45, 2.75) is 30.5 Å². The lowest BCUT2D eigenvalue weighted by Crippen LogP contribution is -2.29. The Morgan fingerprint density at radius 1 is 1.14 bits per heavy atom. The summed E-state index contributed by atoms with van der Waals surface area (Å²) in [7, 11) is -2.89. The van der Waals surface area contributed by atoms with Crippen molar-refractivity contribution in [2.75, 3.05) is 12.4 Å². The van der Waals surface area contributed by atoms with Gasteiger partial charge in [-0.3, -0.25) is 0 Å². The van der Waals surface area contributed by atoms with Crippen molar-refractivity contribution in [3.63, 3.8) is 0 Å². The topological polar surface area (TPSA) is 73.2 Å². The Morgan fingerprint density at radius 2 is 1.92 bits per heavy atom. The fourth-order valence-electron chi connectivity index (χ4n) is 5.15. The second-order valence-electron chi connectivity index (χ2n) is 9.42. The number of aromatic nitrogens is 2. The first-order chi connectivity index (χ1) is 17.5. The van der Waals surface area contributed by atoms with Crippen LogP contribution in [0.25, 0.3) is 5.57 Å². The van der Waals surface area contributed by atoms with Gasteiger partial charge in [0, 0.05) is 17.3 Å². The molecule has 37 heavy (non-hydrogen) atoms. The summed E-state index contributed by atoms with van der Waals surface area (Å²) in [4.78, 5) is -0.349. The molecule has 2 unspecified atom stereocenters. The highest BCUT2D eigenvalue weighted by Gasteiger charge is 2.47. The van der Waals surface area contributed by atoms with Crippen molar-refractivity contribution in [3.05, 3.63) is 87.8 Å². The van der Waals surface area contributed by atoms with E-state index in [1.807, 2.05) is 6.08 Å². The molecule has 0 bridgehead atoms. The first kappa shape index (κ1) is 23.8. The van der Waals surface area contributed by atoms with Crippen molar-refractivity contribution < 1.29 is 30.7 Å². The van der Waals surface area contributed by atoms with Gasteiger partial charge in [-0.2, -0.15) is 18.3 Å². The first-order valence-electron chi connectivity index (χ1n) is 11.5. The molecule has 2 heterocycles. The Labute approximate surface area is 210 Å². The number of benzene rings is 2. The van der Waals surface area contributed by atoms with E-state index in [1.54, 1.807) is 18.2 Å². The number of nitrogens with zero attached hydrogens (tertiary/aromatic N) is 2. The zero-order valence-corrected chi connectivity index (χ0v) is 20.5. The Hall–Kier alpha value is -3.60. The molecular formula is C26H21F4N3O3S. The molecule has 1 aromatic heterocycles. The van der Waals surface area contributed by atoms with Crippen LogP contribution in [0.4, 0.5) is 23.4 Å². The van der Waals surface area contributed by atoms with Crippen LogP contribution in [0.2, 0.25) is 0 Å². The number of hydrogen-bond donors (Lipinski definition) is 1. The Kier molecular flexibility index (Phi) is 5.11. The van der Waals surface area contributed by atoms with E-state index in [4.69, 9.17) is 4.74 Å². The van der Waals surface area contributed by atoms with E-state index in [2.05, 4.69) is 10.4 Å². The average molecular weight is 532 g/mol. The van der Waals surface area contributed by atoms with Gasteiger partial charge in [0.15, 0.2) is 5.69 Å². The first-order valence-corrected chi connectivity index (χ1v) is 13.0. The van der Waals surface area contributed by atoms with Gasteiger partial charge in [0.05, 0.1) is 16.9 Å². The number of halogens is 4. The summed E-state index contributed by atoms with van der Waals surface area (Å²) >= 11 is 0. The van der Waals surface area contributed by atoms with Crippen LogP contribution in [0.15, 0.2) is 70.1 Å². The third-order valence-corrected chi connectivity index (χ3v) is 9.08. The Bertz CT molecular complexity index is 1620. The standard InChI is InChI=1S/C26H21F4N3O3S/c1-13-25(37(34,35)17-5-3-4-16(11-17)36-2)24(33-23(31-13)12-22(32-33)26(28,29)30)14-6-7-18(21(27)10-14)20-9-15-8-19(15)20/h3-7,9-12,15,19,24,31H,8H2,1-2H3/t15?,19-,24?/m1/s1. The summed E-state index contributed by atoms with van der Waals surface area (Å²) in [5.41, 5.74) is 0.416. The highest BCUT2D eigenvalue weighted by molar-refractivity contribution is 7.95. The minimum atomic E-state index is -4.76. The zero-order valence-electron chi connectivity index (χ0n) is 19.7. The molecule has 3 aliphatic rings. The summed E-state index contributed by atoms with van der Waals surface area (Å²) in [6.07, 6.45) is -1.76. The van der Waals surface area contributed by atoms with Crippen molar-refractivity contribution >= 4 is 21.2 Å². The number of rotatable bonds is 5. The van der Waals surface area contributed by atoms with Crippen molar-refractivity contribution in [1.29, 1.82) is 0 Å². The zero-order chi connectivity index (χ0) is 26.3. The summed E-state index contributed by atoms with van der Waals surface area (Å²) in [5.74, 6) is 0.523. The number of fused-ring (bicyclic) bond motifs is 2. The van der Waals surface area contributed by atoms with E-state index in [0.29, 0.717) is 23.1 Å². The highest BCUT2D eigenvalue weighted by atomic mass is 32.2. The van der Waals surface area contributed by atoms with E-state index >= 15 is 4.39 Å². The molecule has 11 heteroatoms. The summed E-state index contributed by atoms with van der Waals surface area (Å²) < 4.78 is 89.9. The molecule has 1 saturated carbocycles. The van der Waals surface area contributed by atoms with E-state index in [9.17, 15) is 21.6 Å². The number of alkyl halides is 3. The minimum Gasteiger partial charge on any atom is -0.497 e. The SMILES string of the molecule is COc1cccc(S(=O)(=O)C2=C(C)Nc3cc(C(F)(F)F)nn3C2c2ccc(C3=CC4C[C@@H]34)c(F)c2)c1. The number of nitrogens with one attached hydrogen (secondary N) is 1. The van der Waals surface area contributed by atoms with E-state index < -0.39 is 33.6 Å². The second kappa shape index (κ2) is 7.95. The molecule has 3 aromatic rings. The van der Waals surface area contributed by atoms with Gasteiger partial charge in [0.1, 0.15) is 23.4 Å². The molecule has 0 spiro atoms. The Morgan fingerprint density at radius 3 is 2.54 bits per heavy atom. The van der Waals surface area contributed by atoms with Crippen LogP contribution < -0.4 is 10.1 Å². The molecule has 0 saturated heterocycles. The summed E-state index contributed by atoms with van der Waals surface area (Å²) in [5, 5.41) is 6.46. The van der Waals surface area contributed by atoms with Crippen LogP contribution in [0.1, 0.15) is 36.2 Å². The lowest BCUT2D eigenvalue weighted by molar-refractivity contribution is -0.141. The monoisotopic (exact) mass is 531 g/mol. The molecular weight excluding hydrogens is 510 g/mol. The largest absolute Gasteiger partial charge is 0.497 e. The number of allylic oxidation sites excluding steroid dienone is 4. The van der Waals surface area contributed by atoms with Gasteiger partial charge < -0.3 is 10.1 Å². The molecule has 1 aliphatic heterocycles. The maximum atomic E-state index is 15.3. The van der Waals surface area contributed by atoms with Crippen LogP contribution in [-0.4, -0.2) is 25.3 Å². The molecule has 1 fully saturated rings. The van der Waals surface area contributed by atoms with Gasteiger partial charge >= 0.3 is 6.18 Å². The number of ether oxygens (including phenoxy) is 1. The maximum Gasteiger partial charge on any atom is 0.435 e. The summed E-state index contributed by atoms with van der Waals surface area (Å²) in [6.45, 7) is 1.46. The normalized spacial score (nSPS) is 22.4. The van der Waals surface area contributed by atoms with Crippen LogP contribution in [0, 0.1) is 17.7 Å². The Balaban J connectivity index is 1.52. The third-order valence-electron chi connectivity index (χ3n) is 7.10. The predicted molar refractivity (Wildman–Crippen MR) is 128 cm³/mol. The number of anilines is 1. The molecule has 2 aromatic carbocycles. The fourth-order valence-corrected chi connectivity index (χ4v) is 6.91. The van der Waals surface area contributed by atoms with Crippen molar-refractivity contribution in [1.82, 2.24) is 9.78 Å². The van der Waals surface area contributed by atoms with Crippen LogP contribution in [0.5, 0.6) is 5.75 Å². The predicted octanol–water partition coefficient (Wildman–Crippen LogP) is 5.80. The molecule has 6 nitrogen and oxygen atoms in total. The summed E-state index contributed by atoms with van der Waals surface area (Å²) in [6, 6.07) is 9.54. The second-order valence-corrected chi connectivity index (χ2v) is 11.3. The lowest BCUT2D eigenvalue weighted by atomic mass is 9.90. The lowest BCUT2D eigenvalue weighted by Gasteiger charge is -2.30. The highest BCUT2D eigenvalue weighted by Crippen LogP contribution is 2.58. The maximum absolute atomic E-state index is 15.3.